The molecule has 0 fully saturated rings. The van der Waals surface area contributed by atoms with Crippen LogP contribution in [-0.2, 0) is 0 Å². The van der Waals surface area contributed by atoms with Crippen LogP contribution in [-0.4, -0.2) is 0 Å². The van der Waals surface area contributed by atoms with Gasteiger partial charge in [0.15, 0.2) is 0 Å². The highest BCUT2D eigenvalue weighted by molar-refractivity contribution is 5.40. The van der Waals surface area contributed by atoms with Gasteiger partial charge in [0.25, 0.3) is 6.17 Å². The van der Waals surface area contributed by atoms with Gasteiger partial charge >= 0.3 is 0 Å². The molecule has 1 atom stereocenters. The van der Waals surface area contributed by atoms with Crippen molar-refractivity contribution in [3.8, 4) is 0 Å². The van der Waals surface area contributed by atoms with E-state index in [0.717, 1.165) is 5.36 Å². The van der Waals surface area contributed by atoms with Crippen molar-refractivity contribution in [1.82, 2.24) is 4.58 Å². The molecule has 0 saturated heterocycles. The molecule has 0 N–H and O–H groups in total. The Morgan fingerprint density at radius 1 is 0.773 bits per heavy atom. The van der Waals surface area contributed by atoms with E-state index in [1.165, 1.54) is 22.2 Å². The SMILES string of the molecule is Cc1ccc(C2N=c3ccccc3=[N+]2c2ccccc2)cc1. The monoisotopic (exact) mass is 285 g/mol. The highest BCUT2D eigenvalue weighted by Gasteiger charge is 2.29. The fraction of sp³-hybridized carbons (Fsp3) is 0.100. The van der Waals surface area contributed by atoms with Crippen LogP contribution < -0.4 is 15.3 Å². The van der Waals surface area contributed by atoms with Gasteiger partial charge in [-0.1, -0.05) is 48.0 Å². The van der Waals surface area contributed by atoms with Crippen molar-refractivity contribution in [2.75, 3.05) is 0 Å². The molecule has 0 amide bonds. The minimum atomic E-state index is 0.000370. The Morgan fingerprint density at radius 3 is 2.23 bits per heavy atom. The van der Waals surface area contributed by atoms with Crippen LogP contribution in [0.4, 0.5) is 5.69 Å². The first-order valence-electron chi connectivity index (χ1n) is 7.54. The van der Waals surface area contributed by atoms with E-state index in [-0.39, 0.29) is 6.17 Å². The molecule has 3 aromatic rings. The molecule has 22 heavy (non-hydrogen) atoms. The van der Waals surface area contributed by atoms with Crippen molar-refractivity contribution in [1.29, 1.82) is 0 Å². The third kappa shape index (κ3) is 2.13. The van der Waals surface area contributed by atoms with Crippen molar-refractivity contribution < 1.29 is 0 Å². The number of aryl methyl sites for hydroxylation is 1. The Bertz CT molecular complexity index is 925. The predicted molar refractivity (Wildman–Crippen MR) is 88.5 cm³/mol. The van der Waals surface area contributed by atoms with Crippen LogP contribution in [0.25, 0.3) is 0 Å². The first-order valence-corrected chi connectivity index (χ1v) is 7.54. The fourth-order valence-electron chi connectivity index (χ4n) is 2.93. The maximum Gasteiger partial charge on any atom is 0.279 e. The summed E-state index contributed by atoms with van der Waals surface area (Å²) in [5.41, 5.74) is 3.65. The topological polar surface area (TPSA) is 15.4 Å². The lowest BCUT2D eigenvalue weighted by Gasteiger charge is -2.09. The summed E-state index contributed by atoms with van der Waals surface area (Å²) in [5, 5.41) is 2.22. The number of rotatable bonds is 2. The molecule has 0 aliphatic carbocycles. The maximum absolute atomic E-state index is 4.94. The van der Waals surface area contributed by atoms with Crippen LogP contribution in [0.2, 0.25) is 0 Å². The van der Waals surface area contributed by atoms with E-state index in [1.54, 1.807) is 0 Å². The molecule has 0 aromatic heterocycles. The molecule has 2 nitrogen and oxygen atoms in total. The van der Waals surface area contributed by atoms with Crippen LogP contribution in [0.1, 0.15) is 17.3 Å². The van der Waals surface area contributed by atoms with Gasteiger partial charge in [-0.3, -0.25) is 0 Å². The molecule has 1 aliphatic rings. The third-order valence-electron chi connectivity index (χ3n) is 4.06. The quantitative estimate of drug-likeness (QED) is 0.643. The number of hydrogen-bond acceptors (Lipinski definition) is 1. The number of fused-ring (bicyclic) bond motifs is 1. The summed E-state index contributed by atoms with van der Waals surface area (Å²) in [6.07, 6.45) is 0.000370. The predicted octanol–water partition coefficient (Wildman–Crippen LogP) is 3.15. The molecule has 0 bridgehead atoms. The summed E-state index contributed by atoms with van der Waals surface area (Å²) in [7, 11) is 0. The maximum atomic E-state index is 4.94. The Hall–Kier alpha value is -2.74. The van der Waals surface area contributed by atoms with Crippen LogP contribution in [0.5, 0.6) is 0 Å². The lowest BCUT2D eigenvalue weighted by Crippen LogP contribution is -2.31. The van der Waals surface area contributed by atoms with Gasteiger partial charge in [-0.15, -0.1) is 0 Å². The average molecular weight is 285 g/mol. The summed E-state index contributed by atoms with van der Waals surface area (Å²) < 4.78 is 2.31. The normalized spacial score (nSPS) is 16.2. The number of para-hydroxylation sites is 3. The summed E-state index contributed by atoms with van der Waals surface area (Å²) in [4.78, 5) is 4.94. The largest absolute Gasteiger partial charge is 0.279 e. The molecular weight excluding hydrogens is 268 g/mol. The van der Waals surface area contributed by atoms with Crippen molar-refractivity contribution >= 4 is 5.69 Å². The van der Waals surface area contributed by atoms with Gasteiger partial charge in [0.2, 0.25) is 11.0 Å². The van der Waals surface area contributed by atoms with Crippen molar-refractivity contribution in [2.24, 2.45) is 4.99 Å². The molecule has 0 saturated carbocycles. The number of hydrogen-bond donors (Lipinski definition) is 0. The molecule has 3 aromatic carbocycles. The van der Waals surface area contributed by atoms with Gasteiger partial charge in [-0.05, 0) is 25.1 Å². The molecular formula is C20H17N2+. The summed E-state index contributed by atoms with van der Waals surface area (Å²) >= 11 is 0. The standard InChI is InChI=1S/C20H17N2/c1-15-11-13-16(14-12-15)20-21-18-9-5-6-10-19(18)22(20)17-7-3-2-4-8-17/h2-14,20H,1H3/q+1. The highest BCUT2D eigenvalue weighted by Crippen LogP contribution is 2.24. The van der Waals surface area contributed by atoms with Gasteiger partial charge < -0.3 is 0 Å². The van der Waals surface area contributed by atoms with Gasteiger partial charge in [0.05, 0.1) is 0 Å². The van der Waals surface area contributed by atoms with E-state index in [9.17, 15) is 0 Å². The van der Waals surface area contributed by atoms with Crippen LogP contribution in [0.3, 0.4) is 0 Å². The second kappa shape index (κ2) is 5.23. The zero-order chi connectivity index (χ0) is 14.9. The van der Waals surface area contributed by atoms with E-state index in [4.69, 9.17) is 4.99 Å². The van der Waals surface area contributed by atoms with Crippen LogP contribution >= 0.6 is 0 Å². The molecule has 4 rings (SSSR count). The van der Waals surface area contributed by atoms with Gasteiger partial charge in [-0.25, -0.2) is 4.99 Å². The minimum absolute atomic E-state index is 0.000370. The van der Waals surface area contributed by atoms with Crippen LogP contribution in [0.15, 0.2) is 83.9 Å². The average Bonchev–Trinajstić information content (AvgIpc) is 2.96. The van der Waals surface area contributed by atoms with Crippen molar-refractivity contribution in [3.05, 3.63) is 101 Å². The molecule has 0 radical (unpaired) electrons. The van der Waals surface area contributed by atoms with E-state index in [1.807, 2.05) is 12.1 Å². The Morgan fingerprint density at radius 2 is 1.45 bits per heavy atom. The highest BCUT2D eigenvalue weighted by atomic mass is 15.2. The van der Waals surface area contributed by atoms with E-state index in [0.29, 0.717) is 0 Å². The minimum Gasteiger partial charge on any atom is -0.206 e. The second-order valence-corrected chi connectivity index (χ2v) is 5.61. The molecule has 1 aliphatic heterocycles. The summed E-state index contributed by atoms with van der Waals surface area (Å²) in [6, 6.07) is 27.4. The smallest absolute Gasteiger partial charge is 0.206 e. The van der Waals surface area contributed by atoms with Crippen molar-refractivity contribution in [2.45, 2.75) is 13.1 Å². The first kappa shape index (κ1) is 13.0. The van der Waals surface area contributed by atoms with E-state index in [2.05, 4.69) is 78.2 Å². The molecule has 1 unspecified atom stereocenters. The molecule has 1 heterocycles. The zero-order valence-electron chi connectivity index (χ0n) is 12.5. The lowest BCUT2D eigenvalue weighted by atomic mass is 10.1. The second-order valence-electron chi connectivity index (χ2n) is 5.61. The van der Waals surface area contributed by atoms with Gasteiger partial charge in [-0.2, -0.15) is 4.58 Å². The summed E-state index contributed by atoms with van der Waals surface area (Å²) in [5.74, 6) is 0. The molecule has 0 spiro atoms. The molecule has 2 heteroatoms. The van der Waals surface area contributed by atoms with Crippen molar-refractivity contribution in [3.63, 3.8) is 0 Å². The van der Waals surface area contributed by atoms with Gasteiger partial charge in [0.1, 0.15) is 5.36 Å². The fourth-order valence-corrected chi connectivity index (χ4v) is 2.93. The van der Waals surface area contributed by atoms with Gasteiger partial charge in [0, 0.05) is 23.8 Å². The van der Waals surface area contributed by atoms with E-state index >= 15 is 0 Å². The number of benzene rings is 3. The first-order chi connectivity index (χ1) is 10.8. The lowest BCUT2D eigenvalue weighted by molar-refractivity contribution is 0.592. The Kier molecular flexibility index (Phi) is 3.08. The molecule has 106 valence electrons. The third-order valence-corrected chi connectivity index (χ3v) is 4.06. The Balaban J connectivity index is 1.97. The summed E-state index contributed by atoms with van der Waals surface area (Å²) in [6.45, 7) is 2.11. The zero-order valence-corrected chi connectivity index (χ0v) is 12.5. The number of nitrogens with zero attached hydrogens (tertiary/aromatic N) is 2. The Labute approximate surface area is 129 Å². The van der Waals surface area contributed by atoms with E-state index < -0.39 is 0 Å². The van der Waals surface area contributed by atoms with Crippen LogP contribution in [0, 0.1) is 6.92 Å².